The Bertz CT molecular complexity index is 543. The van der Waals surface area contributed by atoms with Gasteiger partial charge in [-0.3, -0.25) is 19.1 Å². The van der Waals surface area contributed by atoms with Gasteiger partial charge >= 0.3 is 5.69 Å². The summed E-state index contributed by atoms with van der Waals surface area (Å²) in [4.78, 5) is 38.5. The highest BCUT2D eigenvalue weighted by Crippen LogP contribution is 2.03. The van der Waals surface area contributed by atoms with Gasteiger partial charge in [-0.25, -0.2) is 4.79 Å². The maximum Gasteiger partial charge on any atom is 0.349 e. The third-order valence-corrected chi connectivity index (χ3v) is 2.36. The number of anilines is 1. The van der Waals surface area contributed by atoms with Crippen molar-refractivity contribution in [3.63, 3.8) is 0 Å². The number of nitrogen functional groups attached to an aromatic ring is 1. The van der Waals surface area contributed by atoms with Gasteiger partial charge in [0.05, 0.1) is 0 Å². The van der Waals surface area contributed by atoms with E-state index in [1.54, 1.807) is 0 Å². The quantitative estimate of drug-likeness (QED) is 0.659. The fourth-order valence-corrected chi connectivity index (χ4v) is 1.47. The van der Waals surface area contributed by atoms with Crippen molar-refractivity contribution >= 4 is 17.6 Å². The molecule has 0 atom stereocenters. The Hall–Kier alpha value is -2.44. The SMILES string of the molecule is Nc1ccn(CCN2C(=O)C=CC2=O)c(=O)n1. The van der Waals surface area contributed by atoms with Crippen molar-refractivity contribution in [2.45, 2.75) is 6.54 Å². The lowest BCUT2D eigenvalue weighted by molar-refractivity contribution is -0.136. The third kappa shape index (κ3) is 2.22. The highest BCUT2D eigenvalue weighted by molar-refractivity contribution is 6.12. The third-order valence-electron chi connectivity index (χ3n) is 2.36. The van der Waals surface area contributed by atoms with E-state index in [1.807, 2.05) is 0 Å². The van der Waals surface area contributed by atoms with E-state index in [1.165, 1.54) is 29.0 Å². The summed E-state index contributed by atoms with van der Waals surface area (Å²) in [7, 11) is 0. The Morgan fingerprint density at radius 2 is 1.76 bits per heavy atom. The molecule has 7 nitrogen and oxygen atoms in total. The van der Waals surface area contributed by atoms with E-state index in [-0.39, 0.29) is 30.7 Å². The zero-order chi connectivity index (χ0) is 12.4. The van der Waals surface area contributed by atoms with Crippen LogP contribution in [-0.2, 0) is 16.1 Å². The molecule has 2 heterocycles. The van der Waals surface area contributed by atoms with Crippen molar-refractivity contribution in [3.05, 3.63) is 34.9 Å². The zero-order valence-corrected chi connectivity index (χ0v) is 8.87. The average molecular weight is 234 g/mol. The lowest BCUT2D eigenvalue weighted by Crippen LogP contribution is -2.35. The van der Waals surface area contributed by atoms with Crippen LogP contribution in [0.5, 0.6) is 0 Å². The van der Waals surface area contributed by atoms with Gasteiger partial charge in [-0.1, -0.05) is 0 Å². The number of hydrogen-bond acceptors (Lipinski definition) is 5. The summed E-state index contributed by atoms with van der Waals surface area (Å²) >= 11 is 0. The van der Waals surface area contributed by atoms with Gasteiger partial charge in [0, 0.05) is 31.4 Å². The van der Waals surface area contributed by atoms with Crippen LogP contribution in [-0.4, -0.2) is 32.8 Å². The molecular formula is C10H10N4O3. The maximum atomic E-state index is 11.4. The molecule has 88 valence electrons. The van der Waals surface area contributed by atoms with E-state index in [0.29, 0.717) is 0 Å². The van der Waals surface area contributed by atoms with Gasteiger partial charge in [0.25, 0.3) is 11.8 Å². The van der Waals surface area contributed by atoms with E-state index < -0.39 is 5.69 Å². The van der Waals surface area contributed by atoms with Crippen LogP contribution >= 0.6 is 0 Å². The van der Waals surface area contributed by atoms with Crippen molar-refractivity contribution in [3.8, 4) is 0 Å². The minimum Gasteiger partial charge on any atom is -0.383 e. The molecule has 0 aliphatic carbocycles. The molecule has 2 amide bonds. The molecule has 2 rings (SSSR count). The predicted octanol–water partition coefficient (Wildman–Crippen LogP) is -1.25. The molecule has 0 fully saturated rings. The molecule has 0 spiro atoms. The molecule has 0 radical (unpaired) electrons. The number of hydrogen-bond donors (Lipinski definition) is 1. The first-order valence-electron chi connectivity index (χ1n) is 4.94. The number of nitrogens with zero attached hydrogens (tertiary/aromatic N) is 3. The first-order chi connectivity index (χ1) is 8.08. The predicted molar refractivity (Wildman–Crippen MR) is 58.8 cm³/mol. The molecule has 0 saturated carbocycles. The molecule has 1 aliphatic rings. The highest BCUT2D eigenvalue weighted by Gasteiger charge is 2.22. The molecule has 0 bridgehead atoms. The molecule has 0 saturated heterocycles. The normalized spacial score (nSPS) is 14.7. The summed E-state index contributed by atoms with van der Waals surface area (Å²) in [5.41, 5.74) is 4.83. The molecule has 17 heavy (non-hydrogen) atoms. The number of carbonyl (C=O) groups excluding carboxylic acids is 2. The van der Waals surface area contributed by atoms with E-state index >= 15 is 0 Å². The first-order valence-corrected chi connectivity index (χ1v) is 4.94. The molecule has 0 unspecified atom stereocenters. The summed E-state index contributed by atoms with van der Waals surface area (Å²) in [6.45, 7) is 0.335. The fourth-order valence-electron chi connectivity index (χ4n) is 1.47. The first kappa shape index (κ1) is 11.1. The van der Waals surface area contributed by atoms with Gasteiger partial charge in [0.2, 0.25) is 0 Å². The summed E-state index contributed by atoms with van der Waals surface area (Å²) in [5.74, 6) is -0.598. The van der Waals surface area contributed by atoms with Crippen molar-refractivity contribution in [2.75, 3.05) is 12.3 Å². The van der Waals surface area contributed by atoms with E-state index in [0.717, 1.165) is 4.90 Å². The van der Waals surface area contributed by atoms with Gasteiger partial charge < -0.3 is 5.73 Å². The van der Waals surface area contributed by atoms with Crippen LogP contribution in [0.15, 0.2) is 29.2 Å². The Morgan fingerprint density at radius 1 is 1.12 bits per heavy atom. The second-order valence-corrected chi connectivity index (χ2v) is 3.49. The monoisotopic (exact) mass is 234 g/mol. The fraction of sp³-hybridized carbons (Fsp3) is 0.200. The Balaban J connectivity index is 2.06. The van der Waals surface area contributed by atoms with Crippen LogP contribution < -0.4 is 11.4 Å². The molecule has 1 aliphatic heterocycles. The Kier molecular flexibility index (Phi) is 2.73. The Morgan fingerprint density at radius 3 is 2.35 bits per heavy atom. The molecule has 0 aromatic carbocycles. The van der Waals surface area contributed by atoms with Crippen LogP contribution in [0.25, 0.3) is 0 Å². The van der Waals surface area contributed by atoms with E-state index in [2.05, 4.69) is 4.98 Å². The van der Waals surface area contributed by atoms with Crippen LogP contribution in [0.2, 0.25) is 0 Å². The number of carbonyl (C=O) groups is 2. The molecular weight excluding hydrogens is 224 g/mol. The summed E-state index contributed by atoms with van der Waals surface area (Å²) in [5, 5.41) is 0. The number of nitrogens with two attached hydrogens (primary N) is 1. The number of imide groups is 1. The topological polar surface area (TPSA) is 98.3 Å². The molecule has 2 N–H and O–H groups in total. The van der Waals surface area contributed by atoms with Crippen LogP contribution in [0.3, 0.4) is 0 Å². The highest BCUT2D eigenvalue weighted by atomic mass is 16.2. The Labute approximate surface area is 96.2 Å². The lowest BCUT2D eigenvalue weighted by atomic mass is 10.5. The lowest BCUT2D eigenvalue weighted by Gasteiger charge is -2.14. The zero-order valence-electron chi connectivity index (χ0n) is 8.87. The van der Waals surface area contributed by atoms with Gasteiger partial charge in [-0.2, -0.15) is 4.98 Å². The van der Waals surface area contributed by atoms with E-state index in [4.69, 9.17) is 5.73 Å². The van der Waals surface area contributed by atoms with Crippen molar-refractivity contribution in [1.29, 1.82) is 0 Å². The minimum absolute atomic E-state index is 0.135. The standard InChI is InChI=1S/C10H10N4O3/c11-7-3-4-13(10(17)12-7)5-6-14-8(15)1-2-9(14)16/h1-4H,5-6H2,(H2,11,12,17). The van der Waals surface area contributed by atoms with Crippen LogP contribution in [0, 0.1) is 0 Å². The smallest absolute Gasteiger partial charge is 0.349 e. The van der Waals surface area contributed by atoms with Gasteiger partial charge in [-0.05, 0) is 6.07 Å². The average Bonchev–Trinajstić information content (AvgIpc) is 2.58. The van der Waals surface area contributed by atoms with E-state index in [9.17, 15) is 14.4 Å². The molecule has 7 heteroatoms. The van der Waals surface area contributed by atoms with Gasteiger partial charge in [0.1, 0.15) is 5.82 Å². The summed E-state index contributed by atoms with van der Waals surface area (Å²) in [6.07, 6.45) is 3.88. The van der Waals surface area contributed by atoms with Crippen LogP contribution in [0.1, 0.15) is 0 Å². The van der Waals surface area contributed by atoms with Gasteiger partial charge in [0.15, 0.2) is 0 Å². The number of aromatic nitrogens is 2. The second-order valence-electron chi connectivity index (χ2n) is 3.49. The maximum absolute atomic E-state index is 11.4. The van der Waals surface area contributed by atoms with Crippen LogP contribution in [0.4, 0.5) is 5.82 Å². The molecule has 1 aromatic rings. The summed E-state index contributed by atoms with van der Waals surface area (Å²) < 4.78 is 1.29. The van der Waals surface area contributed by atoms with Crippen molar-refractivity contribution < 1.29 is 9.59 Å². The summed E-state index contributed by atoms with van der Waals surface area (Å²) in [6, 6.07) is 1.48. The second kappa shape index (κ2) is 4.20. The van der Waals surface area contributed by atoms with Crippen molar-refractivity contribution in [1.82, 2.24) is 14.5 Å². The largest absolute Gasteiger partial charge is 0.383 e. The van der Waals surface area contributed by atoms with Gasteiger partial charge in [-0.15, -0.1) is 0 Å². The number of rotatable bonds is 3. The van der Waals surface area contributed by atoms with Crippen molar-refractivity contribution in [2.24, 2.45) is 0 Å². The molecule has 1 aromatic heterocycles. The number of amides is 2. The minimum atomic E-state index is -0.503.